The number of hydrogen-bond acceptors (Lipinski definition) is 1. The Hall–Kier alpha value is -1.37. The van der Waals surface area contributed by atoms with Gasteiger partial charge in [-0.2, -0.15) is 0 Å². The zero-order valence-corrected chi connectivity index (χ0v) is 11.1. The van der Waals surface area contributed by atoms with Crippen LogP contribution in [-0.2, 0) is 12.8 Å². The van der Waals surface area contributed by atoms with E-state index >= 15 is 0 Å². The fourth-order valence-corrected chi connectivity index (χ4v) is 2.64. The Bertz CT molecular complexity index is 431. The topological polar surface area (TPSA) is 17.1 Å². The van der Waals surface area contributed by atoms with Crippen LogP contribution in [0.4, 0.5) is 0 Å². The van der Waals surface area contributed by atoms with Crippen molar-refractivity contribution in [3.8, 4) is 0 Å². The Morgan fingerprint density at radius 1 is 1.17 bits per heavy atom. The maximum absolute atomic E-state index is 12.1. The smallest absolute Gasteiger partial charge is 0.162 e. The maximum Gasteiger partial charge on any atom is 0.162 e. The molecule has 0 fully saturated rings. The second-order valence-electron chi connectivity index (χ2n) is 5.15. The summed E-state index contributed by atoms with van der Waals surface area (Å²) in [6.45, 7) is 3.71. The van der Waals surface area contributed by atoms with Crippen LogP contribution in [0.3, 0.4) is 0 Å². The molecule has 1 heteroatoms. The molecule has 0 saturated carbocycles. The lowest BCUT2D eigenvalue weighted by molar-refractivity contribution is 0.0979. The molecule has 0 aliphatic heterocycles. The minimum Gasteiger partial charge on any atom is -0.294 e. The van der Waals surface area contributed by atoms with Crippen molar-refractivity contribution in [2.45, 2.75) is 51.4 Å². The number of fused-ring (bicyclic) bond motifs is 1. The van der Waals surface area contributed by atoms with Gasteiger partial charge in [0, 0.05) is 12.0 Å². The third kappa shape index (κ3) is 3.32. The van der Waals surface area contributed by atoms with Crippen molar-refractivity contribution in [1.82, 2.24) is 0 Å². The molecule has 1 aromatic rings. The van der Waals surface area contributed by atoms with Crippen LogP contribution in [0.25, 0.3) is 0 Å². The summed E-state index contributed by atoms with van der Waals surface area (Å²) in [7, 11) is 0. The summed E-state index contributed by atoms with van der Waals surface area (Å²) in [4.78, 5) is 12.1. The van der Waals surface area contributed by atoms with Crippen LogP contribution >= 0.6 is 0 Å². The van der Waals surface area contributed by atoms with Crippen LogP contribution in [0.5, 0.6) is 0 Å². The molecular weight excluding hydrogens is 220 g/mol. The van der Waals surface area contributed by atoms with Crippen LogP contribution in [-0.4, -0.2) is 5.78 Å². The van der Waals surface area contributed by atoms with E-state index in [2.05, 4.69) is 18.7 Å². The van der Waals surface area contributed by atoms with Gasteiger partial charge in [-0.1, -0.05) is 24.6 Å². The van der Waals surface area contributed by atoms with Gasteiger partial charge in [-0.3, -0.25) is 4.79 Å². The van der Waals surface area contributed by atoms with Gasteiger partial charge in [-0.15, -0.1) is 6.58 Å². The van der Waals surface area contributed by atoms with Gasteiger partial charge in [0.05, 0.1) is 0 Å². The first-order valence-electron chi connectivity index (χ1n) is 7.07. The molecule has 0 saturated heterocycles. The van der Waals surface area contributed by atoms with Crippen molar-refractivity contribution < 1.29 is 4.79 Å². The minimum atomic E-state index is 0.309. The largest absolute Gasteiger partial charge is 0.294 e. The number of allylic oxidation sites excluding steroid dienone is 1. The Balaban J connectivity index is 1.83. The Morgan fingerprint density at radius 2 is 2.00 bits per heavy atom. The van der Waals surface area contributed by atoms with Crippen LogP contribution < -0.4 is 0 Å². The molecule has 1 aliphatic carbocycles. The SMILES string of the molecule is C=CCCCCCC(=O)c1ccc2c(c1)CCC2. The van der Waals surface area contributed by atoms with E-state index in [0.717, 1.165) is 37.7 Å². The summed E-state index contributed by atoms with van der Waals surface area (Å²) in [5.74, 6) is 0.309. The van der Waals surface area contributed by atoms with Gasteiger partial charge in [0.25, 0.3) is 0 Å². The number of ketones is 1. The second-order valence-corrected chi connectivity index (χ2v) is 5.15. The molecular formula is C17H22O. The van der Waals surface area contributed by atoms with Gasteiger partial charge < -0.3 is 0 Å². The number of carbonyl (C=O) groups excluding carboxylic acids is 1. The number of carbonyl (C=O) groups is 1. The summed E-state index contributed by atoms with van der Waals surface area (Å²) in [6.07, 6.45) is 10.6. The van der Waals surface area contributed by atoms with Gasteiger partial charge in [-0.25, -0.2) is 0 Å². The van der Waals surface area contributed by atoms with Crippen molar-refractivity contribution in [2.75, 3.05) is 0 Å². The molecule has 18 heavy (non-hydrogen) atoms. The average Bonchev–Trinajstić information content (AvgIpc) is 2.85. The number of Topliss-reactive ketones (excluding diaryl/α,β-unsaturated/α-hetero) is 1. The minimum absolute atomic E-state index is 0.309. The monoisotopic (exact) mass is 242 g/mol. The Kier molecular flexibility index (Phi) is 4.74. The lowest BCUT2D eigenvalue weighted by Gasteiger charge is -2.04. The lowest BCUT2D eigenvalue weighted by Crippen LogP contribution is -2.00. The van der Waals surface area contributed by atoms with Crippen molar-refractivity contribution >= 4 is 5.78 Å². The average molecular weight is 242 g/mol. The van der Waals surface area contributed by atoms with Crippen molar-refractivity contribution in [3.63, 3.8) is 0 Å². The first-order valence-corrected chi connectivity index (χ1v) is 7.07. The zero-order chi connectivity index (χ0) is 12.8. The summed E-state index contributed by atoms with van der Waals surface area (Å²) in [5, 5.41) is 0. The van der Waals surface area contributed by atoms with Crippen molar-refractivity contribution in [2.24, 2.45) is 0 Å². The highest BCUT2D eigenvalue weighted by atomic mass is 16.1. The molecule has 1 nitrogen and oxygen atoms in total. The number of benzene rings is 1. The molecule has 0 atom stereocenters. The highest BCUT2D eigenvalue weighted by Gasteiger charge is 2.13. The molecule has 0 heterocycles. The fraction of sp³-hybridized carbons (Fsp3) is 0.471. The highest BCUT2D eigenvalue weighted by molar-refractivity contribution is 5.96. The summed E-state index contributed by atoms with van der Waals surface area (Å²) < 4.78 is 0. The molecule has 0 aromatic heterocycles. The number of unbranched alkanes of at least 4 members (excludes halogenated alkanes) is 3. The van der Waals surface area contributed by atoms with E-state index in [0.29, 0.717) is 12.2 Å². The van der Waals surface area contributed by atoms with Gasteiger partial charge in [0.1, 0.15) is 0 Å². The molecule has 2 rings (SSSR count). The van der Waals surface area contributed by atoms with Gasteiger partial charge in [0.2, 0.25) is 0 Å². The Morgan fingerprint density at radius 3 is 2.83 bits per heavy atom. The number of aryl methyl sites for hydroxylation is 2. The number of hydrogen-bond donors (Lipinski definition) is 0. The number of rotatable bonds is 7. The standard InChI is InChI=1S/C17H22O/c1-2-3-4-5-6-10-17(18)16-12-11-14-8-7-9-15(14)13-16/h2,11-13H,1,3-10H2. The second kappa shape index (κ2) is 6.53. The molecule has 0 spiro atoms. The molecule has 0 radical (unpaired) electrons. The molecule has 0 bridgehead atoms. The van der Waals surface area contributed by atoms with Crippen molar-refractivity contribution in [1.29, 1.82) is 0 Å². The molecule has 1 aliphatic rings. The van der Waals surface area contributed by atoms with E-state index in [-0.39, 0.29) is 0 Å². The molecule has 0 amide bonds. The van der Waals surface area contributed by atoms with E-state index in [1.54, 1.807) is 0 Å². The van der Waals surface area contributed by atoms with E-state index in [1.165, 1.54) is 24.0 Å². The predicted molar refractivity (Wildman–Crippen MR) is 76.1 cm³/mol. The quantitative estimate of drug-likeness (QED) is 0.391. The fourth-order valence-electron chi connectivity index (χ4n) is 2.64. The highest BCUT2D eigenvalue weighted by Crippen LogP contribution is 2.23. The third-order valence-electron chi connectivity index (χ3n) is 3.73. The normalized spacial score (nSPS) is 13.3. The maximum atomic E-state index is 12.1. The van der Waals surface area contributed by atoms with Crippen LogP contribution in [0.15, 0.2) is 30.9 Å². The Labute approximate surface area is 110 Å². The summed E-state index contributed by atoms with van der Waals surface area (Å²) in [5.41, 5.74) is 3.75. The summed E-state index contributed by atoms with van der Waals surface area (Å²) in [6, 6.07) is 6.28. The first-order chi connectivity index (χ1) is 8.81. The van der Waals surface area contributed by atoms with Crippen LogP contribution in [0, 0.1) is 0 Å². The lowest BCUT2D eigenvalue weighted by atomic mass is 10.00. The van der Waals surface area contributed by atoms with E-state index in [9.17, 15) is 4.79 Å². The third-order valence-corrected chi connectivity index (χ3v) is 3.73. The van der Waals surface area contributed by atoms with E-state index < -0.39 is 0 Å². The molecule has 1 aromatic carbocycles. The molecule has 96 valence electrons. The van der Waals surface area contributed by atoms with E-state index in [1.807, 2.05) is 12.1 Å². The van der Waals surface area contributed by atoms with E-state index in [4.69, 9.17) is 0 Å². The van der Waals surface area contributed by atoms with Crippen molar-refractivity contribution in [3.05, 3.63) is 47.5 Å². The van der Waals surface area contributed by atoms with Crippen LogP contribution in [0.1, 0.15) is 60.0 Å². The molecule has 0 N–H and O–H groups in total. The zero-order valence-electron chi connectivity index (χ0n) is 11.1. The van der Waals surface area contributed by atoms with Crippen LogP contribution in [0.2, 0.25) is 0 Å². The van der Waals surface area contributed by atoms with Gasteiger partial charge in [-0.05, 0) is 55.7 Å². The van der Waals surface area contributed by atoms with Gasteiger partial charge in [0.15, 0.2) is 5.78 Å². The first kappa shape index (κ1) is 13.1. The molecule has 0 unspecified atom stereocenters. The summed E-state index contributed by atoms with van der Waals surface area (Å²) >= 11 is 0. The predicted octanol–water partition coefficient (Wildman–Crippen LogP) is 4.49. The van der Waals surface area contributed by atoms with Gasteiger partial charge >= 0.3 is 0 Å².